The summed E-state index contributed by atoms with van der Waals surface area (Å²) in [7, 11) is -0.594. The minimum atomic E-state index is -2.26. The first-order valence-electron chi connectivity index (χ1n) is 16.1. The van der Waals surface area contributed by atoms with E-state index in [-0.39, 0.29) is 35.6 Å². The van der Waals surface area contributed by atoms with Crippen LogP contribution in [0.4, 0.5) is 5.69 Å². The molecule has 9 heteroatoms. The SMILES string of the molecule is COc1ccc([Si](C)(C)[C@@H]2[C@@H](CCO)O[C@]3(C(=O)N(Cc4cccc(-n5ncc6ccccc6c5=O)c4)c4ccccc43)[C@H]2C)cc1. The summed E-state index contributed by atoms with van der Waals surface area (Å²) >= 11 is 0. The van der Waals surface area contributed by atoms with Gasteiger partial charge in [-0.2, -0.15) is 9.78 Å². The third-order valence-electron chi connectivity index (χ3n) is 10.3. The number of carbonyl (C=O) groups excluding carboxylic acids is 1. The van der Waals surface area contributed by atoms with Gasteiger partial charge in [0, 0.05) is 23.5 Å². The lowest BCUT2D eigenvalue weighted by Crippen LogP contribution is -2.51. The summed E-state index contributed by atoms with van der Waals surface area (Å²) in [5, 5.41) is 17.2. The summed E-state index contributed by atoms with van der Waals surface area (Å²) in [6.07, 6.45) is 1.86. The molecule has 7 rings (SSSR count). The van der Waals surface area contributed by atoms with E-state index in [0.717, 1.165) is 28.0 Å². The second-order valence-corrected chi connectivity index (χ2v) is 17.9. The molecule has 0 bridgehead atoms. The van der Waals surface area contributed by atoms with E-state index in [1.54, 1.807) is 19.4 Å². The van der Waals surface area contributed by atoms with Crippen LogP contribution in [-0.2, 0) is 21.7 Å². The molecule has 240 valence electrons. The van der Waals surface area contributed by atoms with Crippen molar-refractivity contribution >= 4 is 35.6 Å². The molecule has 5 aromatic rings. The van der Waals surface area contributed by atoms with Crippen molar-refractivity contribution in [1.29, 1.82) is 0 Å². The number of amides is 1. The number of aromatic nitrogens is 2. The molecule has 4 aromatic carbocycles. The van der Waals surface area contributed by atoms with Crippen LogP contribution in [0.15, 0.2) is 108 Å². The van der Waals surface area contributed by atoms with Gasteiger partial charge in [0.2, 0.25) is 0 Å². The molecule has 1 amide bonds. The van der Waals surface area contributed by atoms with Crippen molar-refractivity contribution in [2.45, 2.75) is 50.2 Å². The Balaban J connectivity index is 1.26. The third kappa shape index (κ3) is 4.92. The van der Waals surface area contributed by atoms with Crippen LogP contribution < -0.4 is 20.4 Å². The first-order valence-corrected chi connectivity index (χ1v) is 19.2. The molecule has 8 nitrogen and oxygen atoms in total. The van der Waals surface area contributed by atoms with Crippen molar-refractivity contribution in [3.05, 3.63) is 125 Å². The Morgan fingerprint density at radius 3 is 2.47 bits per heavy atom. The van der Waals surface area contributed by atoms with E-state index in [9.17, 15) is 14.7 Å². The van der Waals surface area contributed by atoms with E-state index < -0.39 is 13.7 Å². The van der Waals surface area contributed by atoms with Crippen LogP contribution in [0.1, 0.15) is 24.5 Å². The topological polar surface area (TPSA) is 93.9 Å². The Labute approximate surface area is 275 Å². The Morgan fingerprint density at radius 2 is 1.70 bits per heavy atom. The molecule has 4 atom stereocenters. The van der Waals surface area contributed by atoms with Gasteiger partial charge in [0.05, 0.1) is 50.8 Å². The smallest absolute Gasteiger partial charge is 0.279 e. The molecule has 2 aliphatic heterocycles. The van der Waals surface area contributed by atoms with Gasteiger partial charge in [0.25, 0.3) is 11.5 Å². The monoisotopic (exact) mass is 645 g/mol. The molecule has 1 fully saturated rings. The average Bonchev–Trinajstić information content (AvgIpc) is 3.52. The first kappa shape index (κ1) is 31.0. The van der Waals surface area contributed by atoms with Gasteiger partial charge in [-0.3, -0.25) is 9.59 Å². The van der Waals surface area contributed by atoms with Crippen molar-refractivity contribution < 1.29 is 19.4 Å². The molecule has 0 saturated carbocycles. The largest absolute Gasteiger partial charge is 0.497 e. The predicted octanol–water partition coefficient (Wildman–Crippen LogP) is 5.54. The lowest BCUT2D eigenvalue weighted by Gasteiger charge is -2.37. The number of rotatable bonds is 8. The van der Waals surface area contributed by atoms with Crippen molar-refractivity contribution in [1.82, 2.24) is 9.78 Å². The molecule has 2 aliphatic rings. The van der Waals surface area contributed by atoms with E-state index in [1.165, 1.54) is 9.87 Å². The number of aliphatic hydroxyl groups is 1. The van der Waals surface area contributed by atoms with Crippen molar-refractivity contribution in [3.63, 3.8) is 0 Å². The lowest BCUT2D eigenvalue weighted by molar-refractivity contribution is -0.146. The quantitative estimate of drug-likeness (QED) is 0.223. The summed E-state index contributed by atoms with van der Waals surface area (Å²) < 4.78 is 13.8. The van der Waals surface area contributed by atoms with Gasteiger partial charge >= 0.3 is 0 Å². The molecule has 3 heterocycles. The minimum absolute atomic E-state index is 0.0222. The van der Waals surface area contributed by atoms with Gasteiger partial charge in [-0.25, -0.2) is 0 Å². The fourth-order valence-corrected chi connectivity index (χ4v) is 12.1. The van der Waals surface area contributed by atoms with Crippen LogP contribution in [0.25, 0.3) is 16.5 Å². The van der Waals surface area contributed by atoms with Crippen molar-refractivity contribution in [3.8, 4) is 11.4 Å². The number of methoxy groups -OCH3 is 1. The van der Waals surface area contributed by atoms with Gasteiger partial charge in [-0.05, 0) is 53.9 Å². The summed E-state index contributed by atoms with van der Waals surface area (Å²) in [6, 6.07) is 31.2. The maximum atomic E-state index is 14.9. The highest BCUT2D eigenvalue weighted by Gasteiger charge is 2.66. The van der Waals surface area contributed by atoms with E-state index in [4.69, 9.17) is 9.47 Å². The van der Waals surface area contributed by atoms with Crippen LogP contribution >= 0.6 is 0 Å². The highest BCUT2D eigenvalue weighted by atomic mass is 28.3. The highest BCUT2D eigenvalue weighted by molar-refractivity contribution is 6.91. The Kier molecular flexibility index (Phi) is 7.86. The Bertz CT molecular complexity index is 2030. The molecule has 47 heavy (non-hydrogen) atoms. The van der Waals surface area contributed by atoms with Crippen LogP contribution in [0.3, 0.4) is 0 Å². The standard InChI is InChI=1S/C38H39N3O5Si/c1-25-35(47(3,4)30-18-16-29(45-2)17-19-30)34(20-21-42)46-38(25)32-14-7-8-15-33(32)40(37(38)44)24-26-10-9-12-28(22-26)41-36(43)31-13-6-5-11-27(31)23-39-41/h5-19,22-23,25,34-35,42H,20-21,24H2,1-4H3/t25-,34+,35-,38+/m0/s1. The van der Waals surface area contributed by atoms with Gasteiger partial charge < -0.3 is 19.5 Å². The summed E-state index contributed by atoms with van der Waals surface area (Å²) in [5.41, 5.74) is 1.88. The number of nitrogens with zero attached hydrogens (tertiary/aromatic N) is 3. The molecule has 0 aliphatic carbocycles. The predicted molar refractivity (Wildman–Crippen MR) is 186 cm³/mol. The molecular formula is C38H39N3O5Si. The van der Waals surface area contributed by atoms with Crippen LogP contribution in [-0.4, -0.2) is 48.7 Å². The Hall–Kier alpha value is -4.57. The fourth-order valence-electron chi connectivity index (χ4n) is 8.07. The molecule has 1 aromatic heterocycles. The number of carbonyl (C=O) groups is 1. The van der Waals surface area contributed by atoms with Gasteiger partial charge in [-0.1, -0.05) is 85.9 Å². The van der Waals surface area contributed by atoms with E-state index in [1.807, 2.05) is 83.8 Å². The van der Waals surface area contributed by atoms with E-state index >= 15 is 0 Å². The normalized spacial score (nSPS) is 22.3. The maximum absolute atomic E-state index is 14.9. The van der Waals surface area contributed by atoms with Gasteiger partial charge in [-0.15, -0.1) is 0 Å². The third-order valence-corrected chi connectivity index (χ3v) is 14.7. The second-order valence-electron chi connectivity index (χ2n) is 13.2. The number of para-hydroxylation sites is 1. The molecular weight excluding hydrogens is 607 g/mol. The zero-order valence-corrected chi connectivity index (χ0v) is 28.1. The number of aliphatic hydroxyl groups excluding tert-OH is 1. The second kappa shape index (κ2) is 11.9. The van der Waals surface area contributed by atoms with Crippen molar-refractivity contribution in [2.24, 2.45) is 5.92 Å². The molecule has 1 saturated heterocycles. The number of anilines is 1. The van der Waals surface area contributed by atoms with E-state index in [2.05, 4.69) is 37.2 Å². The summed E-state index contributed by atoms with van der Waals surface area (Å²) in [4.78, 5) is 30.0. The zero-order chi connectivity index (χ0) is 32.9. The van der Waals surface area contributed by atoms with Crippen molar-refractivity contribution in [2.75, 3.05) is 18.6 Å². The molecule has 0 radical (unpaired) electrons. The number of hydrogen-bond acceptors (Lipinski definition) is 6. The average molecular weight is 646 g/mol. The molecule has 0 unspecified atom stereocenters. The number of fused-ring (bicyclic) bond motifs is 3. The zero-order valence-electron chi connectivity index (χ0n) is 27.1. The lowest BCUT2D eigenvalue weighted by atomic mass is 9.82. The maximum Gasteiger partial charge on any atom is 0.279 e. The van der Waals surface area contributed by atoms with E-state index in [0.29, 0.717) is 24.0 Å². The summed E-state index contributed by atoms with van der Waals surface area (Å²) in [5.74, 6) is 0.564. The first-order chi connectivity index (χ1) is 22.7. The number of hydrogen-bond donors (Lipinski definition) is 1. The van der Waals surface area contributed by atoms with Crippen LogP contribution in [0.2, 0.25) is 18.6 Å². The number of benzene rings is 4. The highest BCUT2D eigenvalue weighted by Crippen LogP contribution is 2.60. The van der Waals surface area contributed by atoms with Gasteiger partial charge in [0.1, 0.15) is 5.75 Å². The summed E-state index contributed by atoms with van der Waals surface area (Å²) in [6.45, 7) is 7.10. The van der Waals surface area contributed by atoms with Crippen LogP contribution in [0, 0.1) is 5.92 Å². The minimum Gasteiger partial charge on any atom is -0.497 e. The Morgan fingerprint density at radius 1 is 0.957 bits per heavy atom. The number of ether oxygens (including phenoxy) is 2. The molecule has 1 spiro atoms. The van der Waals surface area contributed by atoms with Gasteiger partial charge in [0.15, 0.2) is 5.60 Å². The fraction of sp³-hybridized carbons (Fsp3) is 0.289. The van der Waals surface area contributed by atoms with Crippen LogP contribution in [0.5, 0.6) is 5.75 Å². The molecule has 1 N–H and O–H groups in total.